The maximum Gasteiger partial charge on any atom is 0.328 e. The highest BCUT2D eigenvalue weighted by atomic mass is 16.6. The molecule has 3 rings (SSSR count). The molecule has 1 unspecified atom stereocenters. The van der Waals surface area contributed by atoms with Crippen LogP contribution in [0, 0.1) is 11.8 Å². The van der Waals surface area contributed by atoms with Crippen molar-refractivity contribution in [3.8, 4) is 17.2 Å². The fraction of sp³-hybridized carbons (Fsp3) is 0.477. The van der Waals surface area contributed by atoms with Crippen molar-refractivity contribution in [2.75, 3.05) is 42.4 Å². The van der Waals surface area contributed by atoms with E-state index in [4.69, 9.17) is 14.2 Å². The van der Waals surface area contributed by atoms with Crippen molar-refractivity contribution in [2.45, 2.75) is 83.6 Å². The predicted molar refractivity (Wildman–Crippen MR) is 219 cm³/mol. The van der Waals surface area contributed by atoms with E-state index in [0.717, 1.165) is 5.56 Å². The summed E-state index contributed by atoms with van der Waals surface area (Å²) in [6, 6.07) is 15.6. The van der Waals surface area contributed by atoms with Gasteiger partial charge in [0.25, 0.3) is 5.91 Å². The fourth-order valence-electron chi connectivity index (χ4n) is 6.43. The number of carbonyl (C=O) groups excluding carboxylic acids is 5. The number of methoxy groups -OCH3 is 2. The number of nitrogens with one attached hydrogen (secondary N) is 1. The third-order valence-electron chi connectivity index (χ3n) is 10.5. The first-order chi connectivity index (χ1) is 27.4. The van der Waals surface area contributed by atoms with Gasteiger partial charge in [0.2, 0.25) is 11.8 Å². The summed E-state index contributed by atoms with van der Waals surface area (Å²) in [6.45, 7) is 7.18. The number of phenolic OH excluding ortho intramolecular Hbond substituents is 2. The Balaban J connectivity index is 1.92. The molecule has 0 aliphatic heterocycles. The van der Waals surface area contributed by atoms with Gasteiger partial charge in [-0.2, -0.15) is 0 Å². The maximum absolute atomic E-state index is 14.5. The molecular formula is C44H60N4O10. The summed E-state index contributed by atoms with van der Waals surface area (Å²) in [5.74, 6) is -3.22. The van der Waals surface area contributed by atoms with Crippen molar-refractivity contribution >= 4 is 29.7 Å². The molecule has 0 aliphatic rings. The lowest BCUT2D eigenvalue weighted by molar-refractivity contribution is -0.164. The van der Waals surface area contributed by atoms with E-state index in [-0.39, 0.29) is 24.3 Å². The lowest BCUT2D eigenvalue weighted by Crippen LogP contribution is -2.59. The molecule has 0 fully saturated rings. The SMILES string of the molecule is CC[C@@H](C)[C@@H](OC(=O)[C@@H](Cc1ccc(OC)cc1)N(C)C)C(=O)N[C@@H](C(=O)N(C)C(Cc1ccc(O)cc1)C(=O)N(C)[C@@H](Cc1ccc(O)cc1)C(=O)OC)C(C)C. The molecule has 0 spiro atoms. The molecule has 0 aliphatic carbocycles. The van der Waals surface area contributed by atoms with E-state index >= 15 is 0 Å². The Morgan fingerprint density at radius 3 is 1.52 bits per heavy atom. The van der Waals surface area contributed by atoms with Gasteiger partial charge in [0.1, 0.15) is 41.4 Å². The molecule has 6 atom stereocenters. The molecule has 14 nitrogen and oxygen atoms in total. The molecule has 0 saturated heterocycles. The lowest BCUT2D eigenvalue weighted by Gasteiger charge is -2.36. The zero-order valence-corrected chi connectivity index (χ0v) is 35.3. The summed E-state index contributed by atoms with van der Waals surface area (Å²) in [6.07, 6.45) is -0.341. The largest absolute Gasteiger partial charge is 0.508 e. The normalized spacial score (nSPS) is 14.3. The number of carbonyl (C=O) groups is 5. The average Bonchev–Trinajstić information content (AvgIpc) is 3.21. The summed E-state index contributed by atoms with van der Waals surface area (Å²) >= 11 is 0. The van der Waals surface area contributed by atoms with Crippen molar-refractivity contribution in [1.82, 2.24) is 20.0 Å². The van der Waals surface area contributed by atoms with Crippen molar-refractivity contribution in [2.24, 2.45) is 11.8 Å². The molecule has 0 aromatic heterocycles. The molecule has 3 amide bonds. The second-order valence-electron chi connectivity index (χ2n) is 15.2. The van der Waals surface area contributed by atoms with Crippen LogP contribution in [0.1, 0.15) is 50.8 Å². The standard InChI is InChI=1S/C44H60N4O10/c1-11-28(4)39(58-44(55)36(46(5)6)25-31-16-22-34(56-9)23-17-31)40(51)45-38(27(2)3)42(53)47(7)35(24-29-12-18-32(49)19-13-29)41(52)48(8)37(43(54)57-10)26-30-14-20-33(50)21-15-30/h12-23,27-28,35-39,49-50H,11,24-26H2,1-10H3,(H,45,51)/t28-,35?,36-,37+,38-,39-/m1/s1. The number of aromatic hydroxyl groups is 2. The quantitative estimate of drug-likeness (QED) is 0.141. The minimum absolute atomic E-state index is 0.00475. The molecule has 0 bridgehead atoms. The van der Waals surface area contributed by atoms with Gasteiger partial charge in [-0.05, 0) is 85.9 Å². The highest BCUT2D eigenvalue weighted by Crippen LogP contribution is 2.22. The third-order valence-corrected chi connectivity index (χ3v) is 10.5. The van der Waals surface area contributed by atoms with Crippen LogP contribution >= 0.6 is 0 Å². The van der Waals surface area contributed by atoms with Crippen LogP contribution in [0.15, 0.2) is 72.8 Å². The molecule has 316 valence electrons. The number of amides is 3. The van der Waals surface area contributed by atoms with Crippen LogP contribution in [0.3, 0.4) is 0 Å². The summed E-state index contributed by atoms with van der Waals surface area (Å²) < 4.78 is 16.3. The number of hydrogen-bond donors (Lipinski definition) is 3. The van der Waals surface area contributed by atoms with Gasteiger partial charge >= 0.3 is 11.9 Å². The van der Waals surface area contributed by atoms with E-state index in [0.29, 0.717) is 29.7 Å². The van der Waals surface area contributed by atoms with Gasteiger partial charge in [0.15, 0.2) is 6.10 Å². The molecule has 58 heavy (non-hydrogen) atoms. The first-order valence-corrected chi connectivity index (χ1v) is 19.4. The Labute approximate surface area is 342 Å². The summed E-state index contributed by atoms with van der Waals surface area (Å²) in [4.78, 5) is 74.2. The molecule has 14 heteroatoms. The van der Waals surface area contributed by atoms with Gasteiger partial charge in [-0.3, -0.25) is 24.1 Å². The molecule has 0 radical (unpaired) electrons. The number of rotatable bonds is 20. The van der Waals surface area contributed by atoms with Gasteiger partial charge in [-0.1, -0.05) is 64.1 Å². The number of nitrogens with zero attached hydrogens (tertiary/aromatic N) is 3. The highest BCUT2D eigenvalue weighted by Gasteiger charge is 2.40. The minimum atomic E-state index is -1.23. The summed E-state index contributed by atoms with van der Waals surface area (Å²) in [7, 11) is 9.21. The van der Waals surface area contributed by atoms with E-state index < -0.39 is 71.8 Å². The Bertz CT molecular complexity index is 1820. The summed E-state index contributed by atoms with van der Waals surface area (Å²) in [5, 5.41) is 22.6. The molecule has 0 heterocycles. The predicted octanol–water partition coefficient (Wildman–Crippen LogP) is 3.99. The van der Waals surface area contributed by atoms with E-state index in [1.807, 2.05) is 19.1 Å². The van der Waals surface area contributed by atoms with Crippen molar-refractivity contribution in [1.29, 1.82) is 0 Å². The topological polar surface area (TPSA) is 175 Å². The lowest BCUT2D eigenvalue weighted by atomic mass is 9.96. The van der Waals surface area contributed by atoms with Gasteiger partial charge in [0.05, 0.1) is 14.2 Å². The smallest absolute Gasteiger partial charge is 0.328 e. The Morgan fingerprint density at radius 1 is 0.638 bits per heavy atom. The molecule has 0 saturated carbocycles. The molecule has 3 N–H and O–H groups in total. The molecule has 3 aromatic rings. The highest BCUT2D eigenvalue weighted by molar-refractivity contribution is 5.95. The van der Waals surface area contributed by atoms with E-state index in [1.54, 1.807) is 83.3 Å². The maximum atomic E-state index is 14.5. The van der Waals surface area contributed by atoms with Crippen LogP contribution < -0.4 is 10.1 Å². The van der Waals surface area contributed by atoms with Crippen LogP contribution in [0.5, 0.6) is 17.2 Å². The Hall–Kier alpha value is -5.63. The second kappa shape index (κ2) is 21.8. The number of hydrogen-bond acceptors (Lipinski definition) is 11. The van der Waals surface area contributed by atoms with Crippen LogP contribution in [0.25, 0.3) is 0 Å². The van der Waals surface area contributed by atoms with Crippen LogP contribution in [0.4, 0.5) is 0 Å². The van der Waals surface area contributed by atoms with Gasteiger partial charge < -0.3 is 39.5 Å². The number of phenols is 2. The number of likely N-dealkylation sites (N-methyl/N-ethyl adjacent to an activating group) is 3. The number of benzene rings is 3. The van der Waals surface area contributed by atoms with Gasteiger partial charge in [0, 0.05) is 32.9 Å². The zero-order valence-electron chi connectivity index (χ0n) is 35.3. The van der Waals surface area contributed by atoms with Crippen molar-refractivity contribution in [3.05, 3.63) is 89.5 Å². The van der Waals surface area contributed by atoms with Crippen molar-refractivity contribution in [3.63, 3.8) is 0 Å². The average molecular weight is 805 g/mol. The Kier molecular flexibility index (Phi) is 17.5. The monoisotopic (exact) mass is 804 g/mol. The van der Waals surface area contributed by atoms with Crippen LogP contribution in [0.2, 0.25) is 0 Å². The van der Waals surface area contributed by atoms with Gasteiger partial charge in [-0.25, -0.2) is 4.79 Å². The van der Waals surface area contributed by atoms with E-state index in [9.17, 15) is 34.2 Å². The van der Waals surface area contributed by atoms with E-state index in [2.05, 4.69) is 5.32 Å². The number of esters is 2. The van der Waals surface area contributed by atoms with Crippen LogP contribution in [-0.4, -0.2) is 127 Å². The van der Waals surface area contributed by atoms with Crippen LogP contribution in [-0.2, 0) is 52.7 Å². The zero-order chi connectivity index (χ0) is 43.3. The number of ether oxygens (including phenoxy) is 3. The third kappa shape index (κ3) is 12.7. The second-order valence-corrected chi connectivity index (χ2v) is 15.2. The molecule has 3 aromatic carbocycles. The van der Waals surface area contributed by atoms with E-state index in [1.165, 1.54) is 55.3 Å². The van der Waals surface area contributed by atoms with Crippen molar-refractivity contribution < 1.29 is 48.4 Å². The minimum Gasteiger partial charge on any atom is -0.508 e. The fourth-order valence-corrected chi connectivity index (χ4v) is 6.43. The Morgan fingerprint density at radius 2 is 1.09 bits per heavy atom. The summed E-state index contributed by atoms with van der Waals surface area (Å²) in [5.41, 5.74) is 2.15. The first kappa shape index (κ1) is 46.8. The van der Waals surface area contributed by atoms with Gasteiger partial charge in [-0.15, -0.1) is 0 Å². The first-order valence-electron chi connectivity index (χ1n) is 19.4. The molecular weight excluding hydrogens is 745 g/mol.